The summed E-state index contributed by atoms with van der Waals surface area (Å²) in [6.07, 6.45) is 0.827. The monoisotopic (exact) mass is 274 g/mol. The van der Waals surface area contributed by atoms with E-state index in [1.54, 1.807) is 0 Å². The lowest BCUT2D eigenvalue weighted by Crippen LogP contribution is -2.45. The summed E-state index contributed by atoms with van der Waals surface area (Å²) in [5.41, 5.74) is 0. The van der Waals surface area contributed by atoms with Gasteiger partial charge in [0.25, 0.3) is 0 Å². The molecular weight excluding hydrogens is 244 g/mol. The molecule has 1 heterocycles. The minimum Gasteiger partial charge on any atom is -0.379 e. The smallest absolute Gasteiger partial charge is 0.158 e. The van der Waals surface area contributed by atoms with Crippen molar-refractivity contribution in [2.75, 3.05) is 52.6 Å². The van der Waals surface area contributed by atoms with Crippen molar-refractivity contribution in [3.05, 3.63) is 0 Å². The van der Waals surface area contributed by atoms with Gasteiger partial charge in [-0.15, -0.1) is 0 Å². The zero-order valence-electron chi connectivity index (χ0n) is 12.7. The Kier molecular flexibility index (Phi) is 9.38. The van der Waals surface area contributed by atoms with E-state index in [0.29, 0.717) is 19.3 Å². The van der Waals surface area contributed by atoms with Gasteiger partial charge in [-0.2, -0.15) is 0 Å². The molecule has 114 valence electrons. The van der Waals surface area contributed by atoms with E-state index in [2.05, 4.69) is 17.1 Å². The standard InChI is InChI=1S/C14H30N2O3/c1-4-18-14(19-5-2)6-7-15-13(3)12-16-8-10-17-11-9-16/h13-15H,4-12H2,1-3H3. The molecule has 5 heteroatoms. The third-order valence-electron chi connectivity index (χ3n) is 3.21. The topological polar surface area (TPSA) is 43.0 Å². The van der Waals surface area contributed by atoms with Gasteiger partial charge in [-0.05, 0) is 20.8 Å². The summed E-state index contributed by atoms with van der Waals surface area (Å²) < 4.78 is 16.4. The van der Waals surface area contributed by atoms with Crippen molar-refractivity contribution >= 4 is 0 Å². The lowest BCUT2D eigenvalue weighted by atomic mass is 10.2. The average Bonchev–Trinajstić information content (AvgIpc) is 2.40. The molecule has 1 atom stereocenters. The van der Waals surface area contributed by atoms with Gasteiger partial charge in [-0.1, -0.05) is 0 Å². The molecule has 0 spiro atoms. The second kappa shape index (κ2) is 10.6. The quantitative estimate of drug-likeness (QED) is 0.604. The van der Waals surface area contributed by atoms with Crippen LogP contribution >= 0.6 is 0 Å². The first-order valence-corrected chi connectivity index (χ1v) is 7.53. The fraction of sp³-hybridized carbons (Fsp3) is 1.00. The molecule has 0 saturated carbocycles. The van der Waals surface area contributed by atoms with Crippen molar-refractivity contribution < 1.29 is 14.2 Å². The summed E-state index contributed by atoms with van der Waals surface area (Å²) in [5, 5.41) is 3.53. The van der Waals surface area contributed by atoms with E-state index < -0.39 is 0 Å². The largest absolute Gasteiger partial charge is 0.379 e. The van der Waals surface area contributed by atoms with Crippen LogP contribution in [0, 0.1) is 0 Å². The van der Waals surface area contributed by atoms with Crippen molar-refractivity contribution in [2.45, 2.75) is 39.5 Å². The minimum absolute atomic E-state index is 0.0712. The summed E-state index contributed by atoms with van der Waals surface area (Å²) in [5.74, 6) is 0. The maximum atomic E-state index is 5.52. The first-order chi connectivity index (χ1) is 9.26. The molecule has 0 bridgehead atoms. The Labute approximate surface area is 117 Å². The van der Waals surface area contributed by atoms with E-state index in [1.807, 2.05) is 13.8 Å². The maximum Gasteiger partial charge on any atom is 0.158 e. The SMILES string of the molecule is CCOC(CCNC(C)CN1CCOCC1)OCC. The van der Waals surface area contributed by atoms with Crippen LogP contribution < -0.4 is 5.32 Å². The van der Waals surface area contributed by atoms with Crippen molar-refractivity contribution in [2.24, 2.45) is 0 Å². The third-order valence-corrected chi connectivity index (χ3v) is 3.21. The van der Waals surface area contributed by atoms with Crippen molar-refractivity contribution in [3.8, 4) is 0 Å². The Morgan fingerprint density at radius 2 is 1.79 bits per heavy atom. The van der Waals surface area contributed by atoms with Crippen LogP contribution in [0.4, 0.5) is 0 Å². The summed E-state index contributed by atoms with van der Waals surface area (Å²) in [6, 6.07) is 0.488. The van der Waals surface area contributed by atoms with Gasteiger partial charge in [-0.3, -0.25) is 4.90 Å². The highest BCUT2D eigenvalue weighted by atomic mass is 16.7. The number of rotatable bonds is 10. The van der Waals surface area contributed by atoms with Gasteiger partial charge in [0.15, 0.2) is 6.29 Å². The maximum absolute atomic E-state index is 5.52. The normalized spacial score (nSPS) is 18.9. The van der Waals surface area contributed by atoms with E-state index in [4.69, 9.17) is 14.2 Å². The van der Waals surface area contributed by atoms with Crippen LogP contribution in [0.25, 0.3) is 0 Å². The summed E-state index contributed by atoms with van der Waals surface area (Å²) in [4.78, 5) is 2.45. The van der Waals surface area contributed by atoms with Gasteiger partial charge in [-0.25, -0.2) is 0 Å². The van der Waals surface area contributed by atoms with E-state index in [-0.39, 0.29) is 6.29 Å². The molecule has 1 fully saturated rings. The Bertz CT molecular complexity index is 205. The molecule has 0 aromatic carbocycles. The van der Waals surface area contributed by atoms with E-state index in [9.17, 15) is 0 Å². The number of ether oxygens (including phenoxy) is 3. The highest BCUT2D eigenvalue weighted by Crippen LogP contribution is 2.02. The van der Waals surface area contributed by atoms with Crippen LogP contribution in [0.5, 0.6) is 0 Å². The van der Waals surface area contributed by atoms with Crippen LogP contribution in [-0.2, 0) is 14.2 Å². The van der Waals surface area contributed by atoms with Crippen LogP contribution in [0.2, 0.25) is 0 Å². The van der Waals surface area contributed by atoms with E-state index in [1.165, 1.54) is 0 Å². The number of morpholine rings is 1. The van der Waals surface area contributed by atoms with Crippen LogP contribution in [0.15, 0.2) is 0 Å². The Hall–Kier alpha value is -0.200. The molecule has 0 aliphatic carbocycles. The zero-order valence-corrected chi connectivity index (χ0v) is 12.7. The summed E-state index contributed by atoms with van der Waals surface area (Å²) >= 11 is 0. The fourth-order valence-corrected chi connectivity index (χ4v) is 2.27. The molecular formula is C14H30N2O3. The van der Waals surface area contributed by atoms with Gasteiger partial charge in [0, 0.05) is 51.9 Å². The molecule has 5 nitrogen and oxygen atoms in total. The highest BCUT2D eigenvalue weighted by Gasteiger charge is 2.14. The highest BCUT2D eigenvalue weighted by molar-refractivity contribution is 4.70. The number of nitrogens with zero attached hydrogens (tertiary/aromatic N) is 1. The van der Waals surface area contributed by atoms with E-state index >= 15 is 0 Å². The van der Waals surface area contributed by atoms with Crippen LogP contribution in [-0.4, -0.2) is 69.8 Å². The lowest BCUT2D eigenvalue weighted by molar-refractivity contribution is -0.138. The Morgan fingerprint density at radius 1 is 1.16 bits per heavy atom. The predicted molar refractivity (Wildman–Crippen MR) is 76.4 cm³/mol. The average molecular weight is 274 g/mol. The number of hydrogen-bond donors (Lipinski definition) is 1. The molecule has 0 amide bonds. The van der Waals surface area contributed by atoms with Crippen molar-refractivity contribution in [3.63, 3.8) is 0 Å². The minimum atomic E-state index is -0.0712. The van der Waals surface area contributed by atoms with E-state index in [0.717, 1.165) is 45.8 Å². The predicted octanol–water partition coefficient (Wildman–Crippen LogP) is 1.09. The summed E-state index contributed by atoms with van der Waals surface area (Å²) in [7, 11) is 0. The molecule has 1 rings (SSSR count). The molecule has 19 heavy (non-hydrogen) atoms. The molecule has 1 aliphatic heterocycles. The second-order valence-corrected chi connectivity index (χ2v) is 4.90. The second-order valence-electron chi connectivity index (χ2n) is 4.90. The molecule has 0 radical (unpaired) electrons. The van der Waals surface area contributed by atoms with Gasteiger partial charge < -0.3 is 19.5 Å². The first kappa shape index (κ1) is 16.9. The summed E-state index contributed by atoms with van der Waals surface area (Å²) in [6.45, 7) is 13.5. The first-order valence-electron chi connectivity index (χ1n) is 7.53. The molecule has 1 aliphatic rings. The van der Waals surface area contributed by atoms with Crippen LogP contribution in [0.3, 0.4) is 0 Å². The molecule has 1 unspecified atom stereocenters. The van der Waals surface area contributed by atoms with Crippen LogP contribution in [0.1, 0.15) is 27.2 Å². The van der Waals surface area contributed by atoms with Gasteiger partial charge in [0.2, 0.25) is 0 Å². The van der Waals surface area contributed by atoms with Crippen molar-refractivity contribution in [1.29, 1.82) is 0 Å². The Morgan fingerprint density at radius 3 is 2.37 bits per heavy atom. The number of hydrogen-bond acceptors (Lipinski definition) is 5. The lowest BCUT2D eigenvalue weighted by Gasteiger charge is -2.29. The van der Waals surface area contributed by atoms with Gasteiger partial charge in [0.05, 0.1) is 13.2 Å². The van der Waals surface area contributed by atoms with Crippen molar-refractivity contribution in [1.82, 2.24) is 10.2 Å². The molecule has 0 aromatic rings. The molecule has 0 aromatic heterocycles. The third kappa shape index (κ3) is 7.84. The van der Waals surface area contributed by atoms with Gasteiger partial charge in [0.1, 0.15) is 0 Å². The molecule has 1 saturated heterocycles. The van der Waals surface area contributed by atoms with Gasteiger partial charge >= 0.3 is 0 Å². The Balaban J connectivity index is 2.09. The zero-order chi connectivity index (χ0) is 13.9. The number of nitrogens with one attached hydrogen (secondary N) is 1. The fourth-order valence-electron chi connectivity index (χ4n) is 2.27. The molecule has 1 N–H and O–H groups in total.